The Labute approximate surface area is 175 Å². The third-order valence-corrected chi connectivity index (χ3v) is 7.49. The van der Waals surface area contributed by atoms with Gasteiger partial charge in [0.05, 0.1) is 21.5 Å². The summed E-state index contributed by atoms with van der Waals surface area (Å²) in [5.74, 6) is 2.03. The van der Waals surface area contributed by atoms with Gasteiger partial charge in [0.25, 0.3) is 0 Å². The smallest absolute Gasteiger partial charge is 0.119 e. The van der Waals surface area contributed by atoms with Gasteiger partial charge >= 0.3 is 0 Å². The minimum absolute atomic E-state index is 0.273. The molecule has 7 heteroatoms. The van der Waals surface area contributed by atoms with Gasteiger partial charge in [-0.3, -0.25) is 4.99 Å². The monoisotopic (exact) mass is 460 g/mol. The maximum Gasteiger partial charge on any atom is 0.119 e. The number of halogens is 3. The summed E-state index contributed by atoms with van der Waals surface area (Å²) in [6, 6.07) is 10.3. The Hall–Kier alpha value is -1.56. The number of hydrogen-bond donors (Lipinski definition) is 2. The van der Waals surface area contributed by atoms with Crippen LogP contribution in [0.1, 0.15) is 24.0 Å². The second kappa shape index (κ2) is 5.28. The summed E-state index contributed by atoms with van der Waals surface area (Å²) in [5.41, 5.74) is 3.70. The molecule has 2 aromatic rings. The quantitative estimate of drug-likeness (QED) is 0.566. The standard InChI is InChI=1S/C20H15BrCl2N4/c21-10-1-2-12-15(7-10)26-18-20(4-6-25-17-19(12,20)3-5-24-17)13-8-11(22)9-14(23)16(13)27-18/h1-2,7-9H,3-6H2,(H,24,25)(H,26,27)/t19-,20+/m0/s1. The summed E-state index contributed by atoms with van der Waals surface area (Å²) in [4.78, 5) is 9.90. The van der Waals surface area contributed by atoms with Crippen molar-refractivity contribution in [3.05, 3.63) is 56.0 Å². The van der Waals surface area contributed by atoms with E-state index in [0.717, 1.165) is 59.0 Å². The van der Waals surface area contributed by atoms with Crippen LogP contribution in [0, 0.1) is 0 Å². The molecule has 0 unspecified atom stereocenters. The Morgan fingerprint density at radius 3 is 2.74 bits per heavy atom. The largest absolute Gasteiger partial charge is 0.373 e. The third kappa shape index (κ3) is 1.81. The van der Waals surface area contributed by atoms with Crippen LogP contribution >= 0.6 is 39.1 Å². The van der Waals surface area contributed by atoms with Crippen LogP contribution in [0.4, 0.5) is 11.4 Å². The number of hydrogen-bond acceptors (Lipinski definition) is 4. The first-order chi connectivity index (χ1) is 13.1. The van der Waals surface area contributed by atoms with Crippen LogP contribution < -0.4 is 10.6 Å². The maximum absolute atomic E-state index is 6.57. The van der Waals surface area contributed by atoms with Crippen molar-refractivity contribution in [2.45, 2.75) is 23.7 Å². The predicted molar refractivity (Wildman–Crippen MR) is 114 cm³/mol. The van der Waals surface area contributed by atoms with Gasteiger partial charge in [0.1, 0.15) is 11.7 Å². The molecule has 2 atom stereocenters. The molecule has 0 radical (unpaired) electrons. The van der Waals surface area contributed by atoms with E-state index in [0.29, 0.717) is 10.0 Å². The fourth-order valence-corrected chi connectivity index (χ4v) is 6.46. The van der Waals surface area contributed by atoms with Gasteiger partial charge in [-0.15, -0.1) is 0 Å². The lowest BCUT2D eigenvalue weighted by molar-refractivity contribution is 0.347. The molecule has 2 N–H and O–H groups in total. The number of benzene rings is 2. The molecule has 4 aliphatic rings. The number of amidine groups is 2. The molecule has 4 nitrogen and oxygen atoms in total. The predicted octanol–water partition coefficient (Wildman–Crippen LogP) is 5.20. The summed E-state index contributed by atoms with van der Waals surface area (Å²) >= 11 is 16.6. The van der Waals surface area contributed by atoms with E-state index in [4.69, 9.17) is 33.2 Å². The van der Waals surface area contributed by atoms with Gasteiger partial charge in [0, 0.05) is 28.3 Å². The van der Waals surface area contributed by atoms with Crippen molar-refractivity contribution in [2.24, 2.45) is 9.98 Å². The Balaban J connectivity index is 1.76. The second-order valence-corrected chi connectivity index (χ2v) is 9.29. The molecule has 4 aliphatic heterocycles. The lowest BCUT2D eigenvalue weighted by atomic mass is 9.51. The molecule has 2 spiro atoms. The lowest BCUT2D eigenvalue weighted by Gasteiger charge is -2.53. The number of aliphatic imine (C=N–C) groups is 2. The molecule has 4 heterocycles. The summed E-state index contributed by atoms with van der Waals surface area (Å²) in [6.07, 6.45) is 1.84. The molecule has 0 aromatic heterocycles. The van der Waals surface area contributed by atoms with Crippen LogP contribution in [0.2, 0.25) is 10.0 Å². The summed E-state index contributed by atoms with van der Waals surface area (Å²) in [7, 11) is 0. The molecule has 1 saturated heterocycles. The van der Waals surface area contributed by atoms with Crippen molar-refractivity contribution < 1.29 is 0 Å². The minimum atomic E-state index is -0.321. The minimum Gasteiger partial charge on any atom is -0.373 e. The Morgan fingerprint density at radius 2 is 1.85 bits per heavy atom. The molecule has 0 bridgehead atoms. The van der Waals surface area contributed by atoms with Gasteiger partial charge in [0.2, 0.25) is 0 Å². The highest BCUT2D eigenvalue weighted by Crippen LogP contribution is 2.63. The molecular formula is C20H15BrCl2N4. The van der Waals surface area contributed by atoms with E-state index in [2.05, 4.69) is 44.8 Å². The number of rotatable bonds is 0. The van der Waals surface area contributed by atoms with Crippen molar-refractivity contribution in [3.63, 3.8) is 0 Å². The van der Waals surface area contributed by atoms with Gasteiger partial charge in [0.15, 0.2) is 0 Å². The fourth-order valence-electron chi connectivity index (χ4n) is 5.56. The summed E-state index contributed by atoms with van der Waals surface area (Å²) in [5, 5.41) is 8.44. The highest BCUT2D eigenvalue weighted by Gasteiger charge is 2.67. The highest BCUT2D eigenvalue weighted by atomic mass is 79.9. The normalized spacial score (nSPS) is 29.3. The zero-order valence-corrected chi connectivity index (χ0v) is 17.3. The van der Waals surface area contributed by atoms with E-state index < -0.39 is 0 Å². The highest BCUT2D eigenvalue weighted by molar-refractivity contribution is 9.10. The number of anilines is 1. The topological polar surface area (TPSA) is 48.8 Å². The fraction of sp³-hybridized carbons (Fsp3) is 0.300. The SMILES string of the molecule is Clc1cc(Cl)c2c(c1)[C@@]13CCN=C4NCC[C@]41c1ccc(Br)cc1NC3=N2. The Morgan fingerprint density at radius 1 is 1.00 bits per heavy atom. The summed E-state index contributed by atoms with van der Waals surface area (Å²) in [6.45, 7) is 1.65. The average molecular weight is 462 g/mol. The molecular weight excluding hydrogens is 447 g/mol. The van der Waals surface area contributed by atoms with Gasteiger partial charge < -0.3 is 10.6 Å². The van der Waals surface area contributed by atoms with E-state index in [1.165, 1.54) is 5.56 Å². The van der Waals surface area contributed by atoms with Gasteiger partial charge in [-0.05, 0) is 48.2 Å². The maximum atomic E-state index is 6.57. The van der Waals surface area contributed by atoms with E-state index in [9.17, 15) is 0 Å². The average Bonchev–Trinajstić information content (AvgIpc) is 3.19. The first-order valence-corrected chi connectivity index (χ1v) is 10.6. The van der Waals surface area contributed by atoms with E-state index >= 15 is 0 Å². The van der Waals surface area contributed by atoms with E-state index in [-0.39, 0.29) is 10.8 Å². The van der Waals surface area contributed by atoms with Crippen LogP contribution in [0.25, 0.3) is 0 Å². The van der Waals surface area contributed by atoms with Crippen molar-refractivity contribution in [1.29, 1.82) is 0 Å². The van der Waals surface area contributed by atoms with Crippen LogP contribution in [0.5, 0.6) is 0 Å². The molecule has 136 valence electrons. The van der Waals surface area contributed by atoms with E-state index in [1.54, 1.807) is 6.07 Å². The molecule has 1 fully saturated rings. The Kier molecular flexibility index (Phi) is 3.21. The zero-order valence-electron chi connectivity index (χ0n) is 14.2. The van der Waals surface area contributed by atoms with E-state index in [1.807, 2.05) is 6.07 Å². The van der Waals surface area contributed by atoms with Crippen molar-refractivity contribution in [2.75, 3.05) is 18.4 Å². The number of fused-ring (bicyclic) bond motifs is 2. The summed E-state index contributed by atoms with van der Waals surface area (Å²) < 4.78 is 1.04. The first kappa shape index (κ1) is 16.4. The van der Waals surface area contributed by atoms with Crippen LogP contribution in [0.15, 0.2) is 44.8 Å². The Bertz CT molecular complexity index is 1100. The molecule has 27 heavy (non-hydrogen) atoms. The van der Waals surface area contributed by atoms with Crippen molar-refractivity contribution in [3.8, 4) is 0 Å². The number of nitrogens with zero attached hydrogens (tertiary/aromatic N) is 2. The molecule has 0 saturated carbocycles. The van der Waals surface area contributed by atoms with Gasteiger partial charge in [-0.25, -0.2) is 4.99 Å². The number of nitrogens with one attached hydrogen (secondary N) is 2. The van der Waals surface area contributed by atoms with Crippen LogP contribution in [-0.2, 0) is 10.8 Å². The first-order valence-electron chi connectivity index (χ1n) is 9.01. The molecule has 0 amide bonds. The second-order valence-electron chi connectivity index (χ2n) is 7.53. The van der Waals surface area contributed by atoms with Gasteiger partial charge in [-0.2, -0.15) is 0 Å². The zero-order chi connectivity index (χ0) is 18.4. The van der Waals surface area contributed by atoms with Crippen LogP contribution in [-0.4, -0.2) is 24.8 Å². The molecule has 2 aromatic carbocycles. The van der Waals surface area contributed by atoms with Gasteiger partial charge in [-0.1, -0.05) is 45.2 Å². The van der Waals surface area contributed by atoms with Crippen LogP contribution in [0.3, 0.4) is 0 Å². The molecule has 0 aliphatic carbocycles. The third-order valence-electron chi connectivity index (χ3n) is 6.49. The van der Waals surface area contributed by atoms with Crippen molar-refractivity contribution >= 4 is 62.2 Å². The molecule has 6 rings (SSSR count). The lowest BCUT2D eigenvalue weighted by Crippen LogP contribution is -2.63. The van der Waals surface area contributed by atoms with Crippen molar-refractivity contribution in [1.82, 2.24) is 5.32 Å².